The van der Waals surface area contributed by atoms with Gasteiger partial charge in [-0.15, -0.1) is 0 Å². The Bertz CT molecular complexity index is 324. The zero-order valence-electron chi connectivity index (χ0n) is 8.80. The molecular formula is C9H13NO5. The van der Waals surface area contributed by atoms with Gasteiger partial charge in [0.2, 0.25) is 0 Å². The molecule has 84 valence electrons. The van der Waals surface area contributed by atoms with E-state index >= 15 is 0 Å². The molecule has 0 amide bonds. The van der Waals surface area contributed by atoms with Gasteiger partial charge in [-0.25, -0.2) is 0 Å². The summed E-state index contributed by atoms with van der Waals surface area (Å²) in [6.07, 6.45) is 0.314. The van der Waals surface area contributed by atoms with E-state index in [9.17, 15) is 10.1 Å². The van der Waals surface area contributed by atoms with E-state index in [1.807, 2.05) is 0 Å². The van der Waals surface area contributed by atoms with Crippen LogP contribution in [0.1, 0.15) is 20.8 Å². The lowest BCUT2D eigenvalue weighted by molar-refractivity contribution is -0.470. The van der Waals surface area contributed by atoms with Crippen LogP contribution in [0.15, 0.2) is 12.0 Å². The lowest BCUT2D eigenvalue weighted by Gasteiger charge is -2.24. The molecule has 0 aromatic heterocycles. The van der Waals surface area contributed by atoms with E-state index in [4.69, 9.17) is 14.2 Å². The Morgan fingerprint density at radius 1 is 1.47 bits per heavy atom. The van der Waals surface area contributed by atoms with E-state index in [2.05, 4.69) is 0 Å². The molecule has 0 aliphatic carbocycles. The Morgan fingerprint density at radius 2 is 2.13 bits per heavy atom. The maximum absolute atomic E-state index is 10.6. The first-order valence-corrected chi connectivity index (χ1v) is 4.77. The SMILES string of the molecule is C[C@@H]1OC([N+](=O)[O-])=C[C@@H]2OC(C)(C)O[C@H]12. The van der Waals surface area contributed by atoms with Crippen molar-refractivity contribution in [3.8, 4) is 0 Å². The van der Waals surface area contributed by atoms with Gasteiger partial charge in [-0.3, -0.25) is 10.1 Å². The topological polar surface area (TPSA) is 70.8 Å². The molecule has 3 atom stereocenters. The van der Waals surface area contributed by atoms with E-state index in [1.165, 1.54) is 6.08 Å². The molecule has 6 nitrogen and oxygen atoms in total. The van der Waals surface area contributed by atoms with Crippen molar-refractivity contribution < 1.29 is 19.1 Å². The second-order valence-electron chi connectivity index (χ2n) is 4.15. The van der Waals surface area contributed by atoms with Gasteiger partial charge < -0.3 is 14.2 Å². The summed E-state index contributed by atoms with van der Waals surface area (Å²) in [7, 11) is 0. The zero-order valence-corrected chi connectivity index (χ0v) is 8.80. The van der Waals surface area contributed by atoms with Gasteiger partial charge in [0.05, 0.1) is 6.08 Å². The van der Waals surface area contributed by atoms with E-state index in [-0.39, 0.29) is 18.1 Å². The second kappa shape index (κ2) is 3.18. The molecule has 6 heteroatoms. The number of nitrogens with zero attached hydrogens (tertiary/aromatic N) is 1. The van der Waals surface area contributed by atoms with Crippen molar-refractivity contribution >= 4 is 0 Å². The molecule has 0 spiro atoms. The first-order valence-electron chi connectivity index (χ1n) is 4.77. The smallest absolute Gasteiger partial charge is 0.427 e. The monoisotopic (exact) mass is 215 g/mol. The molecule has 0 N–H and O–H groups in total. The molecular weight excluding hydrogens is 202 g/mol. The molecule has 2 aliphatic rings. The quantitative estimate of drug-likeness (QED) is 0.482. The lowest BCUT2D eigenvalue weighted by atomic mass is 10.1. The highest BCUT2D eigenvalue weighted by Crippen LogP contribution is 2.35. The van der Waals surface area contributed by atoms with Crippen molar-refractivity contribution in [1.29, 1.82) is 0 Å². The van der Waals surface area contributed by atoms with Crippen molar-refractivity contribution in [2.75, 3.05) is 0 Å². The minimum atomic E-state index is -0.713. The fraction of sp³-hybridized carbons (Fsp3) is 0.778. The van der Waals surface area contributed by atoms with Crippen LogP contribution in [0.3, 0.4) is 0 Å². The molecule has 1 saturated heterocycles. The summed E-state index contributed by atoms with van der Waals surface area (Å²) in [6.45, 7) is 5.29. The molecule has 0 bridgehead atoms. The Balaban J connectivity index is 2.24. The molecule has 0 radical (unpaired) electrons. The summed E-state index contributed by atoms with van der Waals surface area (Å²) in [5.74, 6) is -0.972. The summed E-state index contributed by atoms with van der Waals surface area (Å²) < 4.78 is 16.2. The molecule has 2 heterocycles. The third-order valence-corrected chi connectivity index (χ3v) is 2.42. The van der Waals surface area contributed by atoms with Gasteiger partial charge >= 0.3 is 5.88 Å². The molecule has 2 aliphatic heterocycles. The highest BCUT2D eigenvalue weighted by atomic mass is 16.8. The number of fused-ring (bicyclic) bond motifs is 1. The van der Waals surface area contributed by atoms with Crippen molar-refractivity contribution in [2.45, 2.75) is 44.9 Å². The van der Waals surface area contributed by atoms with Gasteiger partial charge in [0.1, 0.15) is 23.2 Å². The molecule has 1 fully saturated rings. The second-order valence-corrected chi connectivity index (χ2v) is 4.15. The normalized spacial score (nSPS) is 37.8. The van der Waals surface area contributed by atoms with E-state index in [0.717, 1.165) is 0 Å². The van der Waals surface area contributed by atoms with Gasteiger partial charge in [0, 0.05) is 0 Å². The summed E-state index contributed by atoms with van der Waals surface area (Å²) in [5.41, 5.74) is 0. The minimum absolute atomic E-state index is 0.259. The Labute approximate surface area is 87.0 Å². The van der Waals surface area contributed by atoms with E-state index in [1.54, 1.807) is 20.8 Å². The van der Waals surface area contributed by atoms with Crippen LogP contribution in [0.25, 0.3) is 0 Å². The first kappa shape index (κ1) is 10.4. The fourth-order valence-corrected chi connectivity index (χ4v) is 1.85. The molecule has 2 rings (SSSR count). The highest BCUT2D eigenvalue weighted by molar-refractivity contribution is 5.05. The predicted octanol–water partition coefficient (Wildman–Crippen LogP) is 1.04. The Kier molecular flexibility index (Phi) is 2.20. The predicted molar refractivity (Wildman–Crippen MR) is 49.4 cm³/mol. The largest absolute Gasteiger partial charge is 0.435 e. The zero-order chi connectivity index (χ0) is 11.2. The van der Waals surface area contributed by atoms with Gasteiger partial charge in [0.25, 0.3) is 0 Å². The average molecular weight is 215 g/mol. The van der Waals surface area contributed by atoms with Gasteiger partial charge in [-0.05, 0) is 20.8 Å². The Hall–Kier alpha value is -1.14. The standard InChI is InChI=1S/C9H13NO5/c1-5-8-6(14-9(2,3)15-8)4-7(13-5)10(11)12/h4-6,8H,1-3H3/t5-,6-,8+/m0/s1. The lowest BCUT2D eigenvalue weighted by Crippen LogP contribution is -2.39. The third-order valence-electron chi connectivity index (χ3n) is 2.42. The van der Waals surface area contributed by atoms with Crippen molar-refractivity contribution in [1.82, 2.24) is 0 Å². The van der Waals surface area contributed by atoms with Gasteiger partial charge in [-0.2, -0.15) is 0 Å². The minimum Gasteiger partial charge on any atom is -0.435 e. The maximum atomic E-state index is 10.6. The maximum Gasteiger partial charge on any atom is 0.427 e. The molecule has 0 unspecified atom stereocenters. The first-order chi connectivity index (χ1) is 6.89. The molecule has 0 saturated carbocycles. The van der Waals surface area contributed by atoms with Crippen LogP contribution in [0, 0.1) is 10.1 Å². The van der Waals surface area contributed by atoms with Crippen LogP contribution in [-0.4, -0.2) is 29.0 Å². The fourth-order valence-electron chi connectivity index (χ4n) is 1.85. The number of hydrogen-bond donors (Lipinski definition) is 0. The molecule has 0 aromatic rings. The van der Waals surface area contributed by atoms with E-state index in [0.29, 0.717) is 0 Å². The summed E-state index contributed by atoms with van der Waals surface area (Å²) in [5, 5.41) is 10.6. The number of ether oxygens (including phenoxy) is 3. The van der Waals surface area contributed by atoms with E-state index < -0.39 is 16.8 Å². The van der Waals surface area contributed by atoms with Crippen molar-refractivity contribution in [3.05, 3.63) is 22.1 Å². The number of rotatable bonds is 1. The van der Waals surface area contributed by atoms with Crippen LogP contribution in [0.4, 0.5) is 0 Å². The van der Waals surface area contributed by atoms with Crippen molar-refractivity contribution in [2.24, 2.45) is 0 Å². The molecule has 15 heavy (non-hydrogen) atoms. The molecule has 0 aromatic carbocycles. The Morgan fingerprint density at radius 3 is 2.73 bits per heavy atom. The van der Waals surface area contributed by atoms with Crippen LogP contribution in [0.5, 0.6) is 0 Å². The summed E-state index contributed by atoms with van der Waals surface area (Å²) >= 11 is 0. The van der Waals surface area contributed by atoms with Crippen molar-refractivity contribution in [3.63, 3.8) is 0 Å². The summed E-state index contributed by atoms with van der Waals surface area (Å²) in [6, 6.07) is 0. The van der Waals surface area contributed by atoms with Gasteiger partial charge in [0.15, 0.2) is 5.79 Å². The highest BCUT2D eigenvalue weighted by Gasteiger charge is 2.48. The third kappa shape index (κ3) is 1.82. The van der Waals surface area contributed by atoms with Crippen LogP contribution in [0.2, 0.25) is 0 Å². The number of hydrogen-bond acceptors (Lipinski definition) is 5. The van der Waals surface area contributed by atoms with Gasteiger partial charge in [-0.1, -0.05) is 0 Å². The van der Waals surface area contributed by atoms with Crippen LogP contribution in [-0.2, 0) is 14.2 Å². The number of nitro groups is 1. The van der Waals surface area contributed by atoms with Crippen LogP contribution >= 0.6 is 0 Å². The average Bonchev–Trinajstić information content (AvgIpc) is 2.39. The van der Waals surface area contributed by atoms with Crippen LogP contribution < -0.4 is 0 Å². The summed E-state index contributed by atoms with van der Waals surface area (Å²) in [4.78, 5) is 10.0.